The summed E-state index contributed by atoms with van der Waals surface area (Å²) in [6.07, 6.45) is -12.9. The van der Waals surface area contributed by atoms with Crippen LogP contribution in [0.3, 0.4) is 0 Å². The van der Waals surface area contributed by atoms with Gasteiger partial charge in [0, 0.05) is 16.1 Å². The van der Waals surface area contributed by atoms with E-state index in [1.807, 2.05) is 15.9 Å². The highest BCUT2D eigenvalue weighted by atomic mass is 79.9. The van der Waals surface area contributed by atoms with E-state index >= 15 is 0 Å². The van der Waals surface area contributed by atoms with E-state index in [4.69, 9.17) is 0 Å². The van der Waals surface area contributed by atoms with Gasteiger partial charge in [0.05, 0.1) is 11.1 Å². The Morgan fingerprint density at radius 3 is 1.43 bits per heavy atom. The minimum atomic E-state index is -7.72. The fraction of sp³-hybridized carbons (Fsp3) is 0.471. The Labute approximate surface area is 199 Å². The Morgan fingerprint density at radius 2 is 1.08 bits per heavy atom. The smallest absolute Gasteiger partial charge is 0.417 e. The van der Waals surface area contributed by atoms with Gasteiger partial charge in [-0.2, -0.15) is 70.2 Å². The Kier molecular flexibility index (Phi) is 6.78. The van der Waals surface area contributed by atoms with Crippen LogP contribution in [0.25, 0.3) is 5.76 Å². The van der Waals surface area contributed by atoms with Crippen LogP contribution in [0.5, 0.6) is 0 Å². The first-order chi connectivity index (χ1) is 16.0. The third kappa shape index (κ3) is 3.86. The number of aliphatic hydroxyl groups is 1. The lowest BCUT2D eigenvalue weighted by Crippen LogP contribution is -2.85. The van der Waals surface area contributed by atoms with Gasteiger partial charge in [-0.15, -0.1) is 0 Å². The molecule has 2 nitrogen and oxygen atoms in total. The van der Waals surface area contributed by atoms with Gasteiger partial charge in [-0.25, -0.2) is 4.39 Å². The fourth-order valence-electron chi connectivity index (χ4n) is 3.01. The van der Waals surface area contributed by atoms with Crippen molar-refractivity contribution in [2.24, 2.45) is 0 Å². The second-order valence-electron chi connectivity index (χ2n) is 7.31. The number of carbonyl (C=O) groups is 1. The van der Waals surface area contributed by atoms with Gasteiger partial charge in [0.15, 0.2) is 0 Å². The Morgan fingerprint density at radius 1 is 0.703 bits per heavy atom. The molecule has 0 spiro atoms. The summed E-state index contributed by atoms with van der Waals surface area (Å²) in [6, 6.07) is -1.12. The van der Waals surface area contributed by atoms with Crippen LogP contribution in [0.2, 0.25) is 0 Å². The molecule has 1 aromatic carbocycles. The fourth-order valence-corrected chi connectivity index (χ4v) is 3.67. The maximum absolute atomic E-state index is 14.7. The number of ketones is 1. The SMILES string of the molecule is O=C(/C=C(\O)c1cc(C(F)(F)F)cc(C(F)(F)F)c1Br)C1(F)C(F)(F)C(F)(F)C(F)(F)C(F)(F)C1(F)F. The maximum Gasteiger partial charge on any atom is 0.417 e. The standard InChI is InChI=1S/C17H4BrF17O2/c18-9-5(1-4(11(20,21)22)2-6(9)12(23,24)25)7(36)3-8(37)10(19)13(26,27)15(30,31)17(34,35)16(32,33)14(10,28)29/h1-3,36H/b7-3-. The number of allylic oxidation sites excluding steroid dienone is 1. The summed E-state index contributed by atoms with van der Waals surface area (Å²) < 4.78 is 227. The number of carbonyl (C=O) groups excluding carboxylic acids is 1. The van der Waals surface area contributed by atoms with Crippen LogP contribution in [-0.4, -0.2) is 46.2 Å². The van der Waals surface area contributed by atoms with E-state index in [0.29, 0.717) is 0 Å². The minimum Gasteiger partial charge on any atom is -0.507 e. The third-order valence-corrected chi connectivity index (χ3v) is 5.89. The van der Waals surface area contributed by atoms with E-state index < -0.39 is 98.5 Å². The van der Waals surface area contributed by atoms with Crippen LogP contribution in [-0.2, 0) is 17.1 Å². The van der Waals surface area contributed by atoms with Crippen molar-refractivity contribution in [2.45, 2.75) is 47.6 Å². The lowest BCUT2D eigenvalue weighted by atomic mass is 9.70. The predicted octanol–water partition coefficient (Wildman–Crippen LogP) is 7.85. The number of hydrogen-bond donors (Lipinski definition) is 1. The summed E-state index contributed by atoms with van der Waals surface area (Å²) in [5, 5.41) is 9.70. The summed E-state index contributed by atoms with van der Waals surface area (Å²) in [7, 11) is 0. The first-order valence-corrected chi connectivity index (χ1v) is 9.35. The minimum absolute atomic E-state index is 0.502. The largest absolute Gasteiger partial charge is 0.507 e. The van der Waals surface area contributed by atoms with E-state index in [2.05, 4.69) is 0 Å². The molecule has 1 aliphatic rings. The van der Waals surface area contributed by atoms with Gasteiger partial charge in [-0.3, -0.25) is 4.79 Å². The highest BCUT2D eigenvalue weighted by Gasteiger charge is 3.02. The molecule has 0 aromatic heterocycles. The van der Waals surface area contributed by atoms with Gasteiger partial charge in [0.2, 0.25) is 5.78 Å². The zero-order valence-corrected chi connectivity index (χ0v) is 18.0. The molecule has 1 saturated carbocycles. The van der Waals surface area contributed by atoms with E-state index in [0.717, 1.165) is 0 Å². The number of alkyl halides is 17. The molecule has 0 heterocycles. The summed E-state index contributed by atoms with van der Waals surface area (Å²) in [5.74, 6) is -45.1. The van der Waals surface area contributed by atoms with Gasteiger partial charge in [0.1, 0.15) is 5.76 Å². The molecule has 0 saturated heterocycles. The van der Waals surface area contributed by atoms with Crippen molar-refractivity contribution in [1.29, 1.82) is 0 Å². The molecule has 1 N–H and O–H groups in total. The molecule has 0 bridgehead atoms. The molecular formula is C17H4BrF17O2. The van der Waals surface area contributed by atoms with Gasteiger partial charge in [-0.1, -0.05) is 0 Å². The summed E-state index contributed by atoms with van der Waals surface area (Å²) in [4.78, 5) is 11.9. The van der Waals surface area contributed by atoms with Crippen molar-refractivity contribution in [3.63, 3.8) is 0 Å². The third-order valence-electron chi connectivity index (χ3n) is 5.03. The number of halogens is 18. The van der Waals surface area contributed by atoms with Crippen molar-refractivity contribution >= 4 is 27.5 Å². The molecule has 0 atom stereocenters. The average molecular weight is 643 g/mol. The summed E-state index contributed by atoms with van der Waals surface area (Å²) >= 11 is 1.99. The molecule has 37 heavy (non-hydrogen) atoms. The predicted molar refractivity (Wildman–Crippen MR) is 88.3 cm³/mol. The molecule has 0 unspecified atom stereocenters. The first-order valence-electron chi connectivity index (χ1n) is 8.56. The zero-order chi connectivity index (χ0) is 29.6. The summed E-state index contributed by atoms with van der Waals surface area (Å²) in [6.45, 7) is 0. The van der Waals surface area contributed by atoms with Crippen LogP contribution < -0.4 is 0 Å². The Balaban J connectivity index is 2.87. The van der Waals surface area contributed by atoms with E-state index in [1.54, 1.807) is 0 Å². The quantitative estimate of drug-likeness (QED) is 0.207. The molecule has 1 aliphatic carbocycles. The molecule has 2 rings (SSSR count). The number of hydrogen-bond acceptors (Lipinski definition) is 2. The van der Waals surface area contributed by atoms with E-state index in [1.165, 1.54) is 0 Å². The highest BCUT2D eigenvalue weighted by molar-refractivity contribution is 9.10. The van der Waals surface area contributed by atoms with Gasteiger partial charge in [-0.05, 0) is 28.1 Å². The molecule has 0 amide bonds. The first kappa shape index (κ1) is 30.9. The van der Waals surface area contributed by atoms with Crippen LogP contribution in [0, 0.1) is 0 Å². The van der Waals surface area contributed by atoms with Gasteiger partial charge < -0.3 is 5.11 Å². The van der Waals surface area contributed by atoms with Crippen LogP contribution >= 0.6 is 15.9 Å². The zero-order valence-electron chi connectivity index (χ0n) is 16.4. The highest BCUT2D eigenvalue weighted by Crippen LogP contribution is 2.69. The van der Waals surface area contributed by atoms with Crippen molar-refractivity contribution < 1.29 is 84.5 Å². The van der Waals surface area contributed by atoms with Crippen LogP contribution in [0.15, 0.2) is 22.7 Å². The molecule has 1 aromatic rings. The van der Waals surface area contributed by atoms with Crippen LogP contribution in [0.4, 0.5) is 74.6 Å². The monoisotopic (exact) mass is 642 g/mol. The van der Waals surface area contributed by atoms with Crippen molar-refractivity contribution in [1.82, 2.24) is 0 Å². The lowest BCUT2D eigenvalue weighted by Gasteiger charge is -2.51. The number of aliphatic hydroxyl groups excluding tert-OH is 1. The van der Waals surface area contributed by atoms with E-state index in [9.17, 15) is 84.5 Å². The van der Waals surface area contributed by atoms with Gasteiger partial charge in [0.25, 0.3) is 0 Å². The second-order valence-corrected chi connectivity index (χ2v) is 8.10. The molecule has 0 aliphatic heterocycles. The van der Waals surface area contributed by atoms with Crippen LogP contribution in [0.1, 0.15) is 16.7 Å². The molecule has 1 fully saturated rings. The van der Waals surface area contributed by atoms with Crippen molar-refractivity contribution in [3.8, 4) is 0 Å². The Hall–Kier alpha value is -2.28. The van der Waals surface area contributed by atoms with Crippen molar-refractivity contribution in [2.75, 3.05) is 0 Å². The molecular weight excluding hydrogens is 639 g/mol. The number of rotatable bonds is 3. The second kappa shape index (κ2) is 8.11. The molecule has 210 valence electrons. The number of benzene rings is 1. The van der Waals surface area contributed by atoms with E-state index in [-0.39, 0.29) is 0 Å². The topological polar surface area (TPSA) is 37.3 Å². The maximum atomic E-state index is 14.7. The van der Waals surface area contributed by atoms with Gasteiger partial charge >= 0.3 is 47.6 Å². The van der Waals surface area contributed by atoms with Crippen molar-refractivity contribution in [3.05, 3.63) is 39.4 Å². The molecule has 20 heteroatoms. The average Bonchev–Trinajstić information content (AvgIpc) is 2.69. The molecule has 0 radical (unpaired) electrons. The Bertz CT molecular complexity index is 1120. The summed E-state index contributed by atoms with van der Waals surface area (Å²) in [5.41, 5.74) is -13.9. The normalized spacial score (nSPS) is 24.0. The lowest BCUT2D eigenvalue weighted by molar-refractivity contribution is -0.475.